The van der Waals surface area contributed by atoms with E-state index in [0.29, 0.717) is 55.7 Å². The predicted octanol–water partition coefficient (Wildman–Crippen LogP) is 2.77. The summed E-state index contributed by atoms with van der Waals surface area (Å²) in [5.41, 5.74) is 0.712. The second-order valence-electron chi connectivity index (χ2n) is 8.67. The number of pyridine rings is 1. The number of alkyl halides is 2. The van der Waals surface area contributed by atoms with Crippen molar-refractivity contribution >= 4 is 17.9 Å². The van der Waals surface area contributed by atoms with Gasteiger partial charge in [0.1, 0.15) is 0 Å². The molecule has 8 nitrogen and oxygen atoms in total. The molecule has 1 aliphatic carbocycles. The minimum absolute atomic E-state index is 0.0585. The summed E-state index contributed by atoms with van der Waals surface area (Å²) in [6.45, 7) is 1.46. The lowest BCUT2D eigenvalue weighted by Crippen LogP contribution is -2.50. The number of benzene rings is 1. The van der Waals surface area contributed by atoms with Crippen LogP contribution in [0, 0.1) is 0 Å². The number of amides is 2. The van der Waals surface area contributed by atoms with Crippen molar-refractivity contribution in [1.82, 2.24) is 14.8 Å². The molecule has 1 N–H and O–H groups in total. The van der Waals surface area contributed by atoms with Crippen LogP contribution in [0.15, 0.2) is 42.7 Å². The molecule has 3 heterocycles. The van der Waals surface area contributed by atoms with Crippen molar-refractivity contribution in [2.24, 2.45) is 0 Å². The van der Waals surface area contributed by atoms with E-state index >= 15 is 0 Å². The lowest BCUT2D eigenvalue weighted by Gasteiger charge is -2.37. The topological polar surface area (TPSA) is 92.2 Å². The SMILES string of the molecule is O=C(/C=C/c1ccc2c(c1)OC(F)(F)O2)N1CCN(C(=O)c2cncc(C3(O)CCC3)c2)CC1. The minimum Gasteiger partial charge on any atom is -0.395 e. The number of aliphatic hydroxyl groups is 1. The van der Waals surface area contributed by atoms with Gasteiger partial charge in [0.2, 0.25) is 5.91 Å². The van der Waals surface area contributed by atoms with Crippen molar-refractivity contribution in [2.75, 3.05) is 26.2 Å². The van der Waals surface area contributed by atoms with Gasteiger partial charge in [-0.2, -0.15) is 0 Å². The van der Waals surface area contributed by atoms with Crippen LogP contribution >= 0.6 is 0 Å². The molecule has 178 valence electrons. The van der Waals surface area contributed by atoms with Gasteiger partial charge in [-0.25, -0.2) is 0 Å². The number of hydrogen-bond donors (Lipinski definition) is 1. The molecule has 1 saturated heterocycles. The maximum Gasteiger partial charge on any atom is 0.586 e. The highest BCUT2D eigenvalue weighted by Crippen LogP contribution is 2.42. The van der Waals surface area contributed by atoms with Crippen molar-refractivity contribution in [3.05, 3.63) is 59.4 Å². The van der Waals surface area contributed by atoms with Gasteiger partial charge in [-0.1, -0.05) is 6.07 Å². The maximum atomic E-state index is 13.1. The third kappa shape index (κ3) is 4.33. The Hall–Kier alpha value is -3.53. The number of rotatable bonds is 4. The molecule has 1 saturated carbocycles. The molecule has 0 radical (unpaired) electrons. The molecule has 0 bridgehead atoms. The summed E-state index contributed by atoms with van der Waals surface area (Å²) in [6.07, 6.45) is 4.57. The van der Waals surface area contributed by atoms with Gasteiger partial charge in [0.25, 0.3) is 5.91 Å². The highest BCUT2D eigenvalue weighted by Gasteiger charge is 2.43. The molecule has 0 spiro atoms. The van der Waals surface area contributed by atoms with Gasteiger partial charge in [-0.3, -0.25) is 14.6 Å². The van der Waals surface area contributed by atoms with Gasteiger partial charge in [0.05, 0.1) is 11.2 Å². The number of hydrogen-bond acceptors (Lipinski definition) is 6. The first-order valence-corrected chi connectivity index (χ1v) is 11.1. The molecule has 0 unspecified atom stereocenters. The fourth-order valence-electron chi connectivity index (χ4n) is 4.27. The molecule has 10 heteroatoms. The summed E-state index contributed by atoms with van der Waals surface area (Å²) in [4.78, 5) is 32.9. The van der Waals surface area contributed by atoms with E-state index in [1.807, 2.05) is 0 Å². The van der Waals surface area contributed by atoms with Crippen molar-refractivity contribution in [1.29, 1.82) is 0 Å². The van der Waals surface area contributed by atoms with Crippen LogP contribution in [-0.2, 0) is 10.4 Å². The zero-order valence-corrected chi connectivity index (χ0v) is 18.2. The Balaban J connectivity index is 1.17. The van der Waals surface area contributed by atoms with Crippen LogP contribution in [0.1, 0.15) is 40.7 Å². The molecule has 3 aliphatic rings. The van der Waals surface area contributed by atoms with Gasteiger partial charge in [0, 0.05) is 50.2 Å². The van der Waals surface area contributed by atoms with E-state index in [1.165, 1.54) is 30.5 Å². The summed E-state index contributed by atoms with van der Waals surface area (Å²) >= 11 is 0. The number of fused-ring (bicyclic) bond motifs is 1. The van der Waals surface area contributed by atoms with Gasteiger partial charge in [-0.15, -0.1) is 8.78 Å². The Bertz CT molecular complexity index is 1160. The quantitative estimate of drug-likeness (QED) is 0.690. The Kier molecular flexibility index (Phi) is 5.47. The average molecular weight is 471 g/mol. The molecular weight excluding hydrogens is 448 g/mol. The number of ether oxygens (including phenoxy) is 2. The lowest BCUT2D eigenvalue weighted by atomic mass is 9.75. The molecule has 5 rings (SSSR count). The lowest BCUT2D eigenvalue weighted by molar-refractivity contribution is -0.286. The van der Waals surface area contributed by atoms with Gasteiger partial charge in [0.15, 0.2) is 11.5 Å². The largest absolute Gasteiger partial charge is 0.586 e. The van der Waals surface area contributed by atoms with Crippen LogP contribution in [0.5, 0.6) is 11.5 Å². The van der Waals surface area contributed by atoms with Crippen LogP contribution in [0.3, 0.4) is 0 Å². The standard InChI is InChI=1S/C24H23F2N3O5/c25-24(26)33-19-4-2-16(12-20(19)34-24)3-5-21(30)28-8-10-29(11-9-28)22(31)17-13-18(15-27-14-17)23(32)6-1-7-23/h2-5,12-15,32H,1,6-11H2/b5-3+. The first-order valence-electron chi connectivity index (χ1n) is 11.1. The first-order chi connectivity index (χ1) is 16.2. The van der Waals surface area contributed by atoms with E-state index in [4.69, 9.17) is 0 Å². The van der Waals surface area contributed by atoms with Crippen molar-refractivity contribution in [3.8, 4) is 11.5 Å². The first kappa shape index (κ1) is 22.3. The molecule has 2 fully saturated rings. The fourth-order valence-corrected chi connectivity index (χ4v) is 4.27. The number of piperazine rings is 1. The second kappa shape index (κ2) is 8.35. The third-order valence-electron chi connectivity index (χ3n) is 6.43. The summed E-state index contributed by atoms with van der Waals surface area (Å²) in [7, 11) is 0. The summed E-state index contributed by atoms with van der Waals surface area (Å²) in [6, 6.07) is 5.99. The van der Waals surface area contributed by atoms with Gasteiger partial charge in [-0.05, 0) is 49.1 Å². The highest BCUT2D eigenvalue weighted by atomic mass is 19.3. The smallest absolute Gasteiger partial charge is 0.395 e. The van der Waals surface area contributed by atoms with Gasteiger partial charge >= 0.3 is 6.29 Å². The second-order valence-corrected chi connectivity index (χ2v) is 8.67. The minimum atomic E-state index is -3.69. The Labute approximate surface area is 194 Å². The molecule has 1 aromatic carbocycles. The molecule has 2 aromatic rings. The van der Waals surface area contributed by atoms with E-state index in [1.54, 1.807) is 28.1 Å². The van der Waals surface area contributed by atoms with Crippen LogP contribution in [0.25, 0.3) is 6.08 Å². The number of carbonyl (C=O) groups is 2. The Morgan fingerprint density at radius 3 is 2.41 bits per heavy atom. The van der Waals surface area contributed by atoms with Crippen LogP contribution in [0.2, 0.25) is 0 Å². The zero-order chi connectivity index (χ0) is 23.9. The summed E-state index contributed by atoms with van der Waals surface area (Å²) < 4.78 is 35.1. The predicted molar refractivity (Wildman–Crippen MR) is 116 cm³/mol. The highest BCUT2D eigenvalue weighted by molar-refractivity contribution is 5.95. The Morgan fingerprint density at radius 2 is 1.71 bits per heavy atom. The molecule has 34 heavy (non-hydrogen) atoms. The summed E-state index contributed by atoms with van der Waals surface area (Å²) in [5.74, 6) is -0.574. The maximum absolute atomic E-state index is 13.1. The number of halogens is 2. The van der Waals surface area contributed by atoms with Crippen molar-refractivity contribution < 1.29 is 33.0 Å². The van der Waals surface area contributed by atoms with Crippen molar-refractivity contribution in [2.45, 2.75) is 31.2 Å². The van der Waals surface area contributed by atoms with E-state index < -0.39 is 11.9 Å². The van der Waals surface area contributed by atoms with Crippen molar-refractivity contribution in [3.63, 3.8) is 0 Å². The number of nitrogens with zero attached hydrogens (tertiary/aromatic N) is 3. The number of carbonyl (C=O) groups excluding carboxylic acids is 2. The number of aromatic nitrogens is 1. The van der Waals surface area contributed by atoms with E-state index in [2.05, 4.69) is 14.5 Å². The third-order valence-corrected chi connectivity index (χ3v) is 6.43. The molecular formula is C24H23F2N3O5. The van der Waals surface area contributed by atoms with Crippen LogP contribution in [0.4, 0.5) is 8.78 Å². The Morgan fingerprint density at radius 1 is 1.00 bits per heavy atom. The average Bonchev–Trinajstić information content (AvgIpc) is 3.13. The summed E-state index contributed by atoms with van der Waals surface area (Å²) in [5, 5.41) is 10.5. The van der Waals surface area contributed by atoms with E-state index in [9.17, 15) is 23.5 Å². The molecule has 1 aromatic heterocycles. The molecule has 0 atom stereocenters. The van der Waals surface area contributed by atoms with Gasteiger partial charge < -0.3 is 24.4 Å². The van der Waals surface area contributed by atoms with Crippen LogP contribution in [-0.4, -0.2) is 64.2 Å². The van der Waals surface area contributed by atoms with E-state index in [0.717, 1.165) is 6.42 Å². The monoisotopic (exact) mass is 471 g/mol. The normalized spacial score (nSPS) is 20.3. The molecule has 2 amide bonds. The fraction of sp³-hybridized carbons (Fsp3) is 0.375. The van der Waals surface area contributed by atoms with Crippen LogP contribution < -0.4 is 9.47 Å². The molecule has 2 aliphatic heterocycles. The van der Waals surface area contributed by atoms with E-state index in [-0.39, 0.29) is 23.3 Å². The zero-order valence-electron chi connectivity index (χ0n) is 18.2.